The molecule has 10 heteroatoms. The maximum absolute atomic E-state index is 4.43. The maximum Gasteiger partial charge on any atom is 0.286 e. The van der Waals surface area contributed by atoms with Gasteiger partial charge in [0.05, 0.1) is 38.9 Å². The number of rotatable bonds is 8. The predicted octanol–water partition coefficient (Wildman–Crippen LogP) is 4.86. The summed E-state index contributed by atoms with van der Waals surface area (Å²) in [7, 11) is 4.15. The Balaban J connectivity index is 0.958. The van der Waals surface area contributed by atoms with Crippen molar-refractivity contribution in [3.05, 3.63) is 133 Å². The Morgan fingerprint density at radius 2 is 1.16 bits per heavy atom. The van der Waals surface area contributed by atoms with Gasteiger partial charge in [-0.15, -0.1) is 0 Å². The number of fused-ring (bicyclic) bond motifs is 2. The highest BCUT2D eigenvalue weighted by Gasteiger charge is 2.16. The Labute approximate surface area is 253 Å². The summed E-state index contributed by atoms with van der Waals surface area (Å²) in [6.45, 7) is 0. The summed E-state index contributed by atoms with van der Waals surface area (Å²) in [4.78, 5) is 8.68. The van der Waals surface area contributed by atoms with Crippen molar-refractivity contribution in [1.29, 1.82) is 0 Å². The minimum Gasteiger partial charge on any atom is -0.261 e. The lowest BCUT2D eigenvalue weighted by Crippen LogP contribution is -2.29. The smallest absolute Gasteiger partial charge is 0.261 e. The van der Waals surface area contributed by atoms with Gasteiger partial charge in [-0.3, -0.25) is 5.43 Å². The fraction of sp³-hybridized carbons (Fsp3) is 0.0588. The summed E-state index contributed by atoms with van der Waals surface area (Å²) in [5.74, 6) is 0.915. The van der Waals surface area contributed by atoms with E-state index >= 15 is 0 Å². The summed E-state index contributed by atoms with van der Waals surface area (Å²) in [5, 5.41) is 8.65. The maximum atomic E-state index is 4.43. The lowest BCUT2D eigenvalue weighted by molar-refractivity contribution is -0.633. The molecule has 0 radical (unpaired) electrons. The third-order valence-electron chi connectivity index (χ3n) is 7.51. The second kappa shape index (κ2) is 11.6. The van der Waals surface area contributed by atoms with Gasteiger partial charge in [0.15, 0.2) is 17.2 Å². The monoisotopic (exact) mass is 578 g/mol. The Hall–Kier alpha value is -6.16. The number of anilines is 2. The van der Waals surface area contributed by atoms with Gasteiger partial charge >= 0.3 is 0 Å². The molecule has 0 spiro atoms. The Bertz CT molecular complexity index is 1990. The number of benzene rings is 2. The molecule has 5 heterocycles. The first kappa shape index (κ1) is 26.7. The van der Waals surface area contributed by atoms with Gasteiger partial charge in [0.2, 0.25) is 5.95 Å². The van der Waals surface area contributed by atoms with Gasteiger partial charge in [-0.1, -0.05) is 36.4 Å². The lowest BCUT2D eigenvalue weighted by atomic mass is 10.1. The summed E-state index contributed by atoms with van der Waals surface area (Å²) in [5.41, 5.74) is 14.6. The molecule has 214 valence electrons. The topological polar surface area (TPSA) is 91.1 Å². The third-order valence-corrected chi connectivity index (χ3v) is 7.51. The van der Waals surface area contributed by atoms with E-state index in [-0.39, 0.29) is 0 Å². The first-order valence-corrected chi connectivity index (χ1v) is 14.2. The van der Waals surface area contributed by atoms with E-state index in [1.807, 2.05) is 48.5 Å². The molecule has 0 bridgehead atoms. The number of aryl methyl sites for hydroxylation is 2. The van der Waals surface area contributed by atoms with Crippen LogP contribution in [0.5, 0.6) is 0 Å². The molecule has 0 saturated carbocycles. The summed E-state index contributed by atoms with van der Waals surface area (Å²) in [6, 6.07) is 30.6. The van der Waals surface area contributed by atoms with E-state index in [0.717, 1.165) is 44.9 Å². The molecule has 0 fully saturated rings. The van der Waals surface area contributed by atoms with Crippen molar-refractivity contribution in [3.8, 4) is 22.5 Å². The fourth-order valence-electron chi connectivity index (χ4n) is 5.19. The quantitative estimate of drug-likeness (QED) is 0.153. The second-order valence-electron chi connectivity index (χ2n) is 10.3. The highest BCUT2D eigenvalue weighted by molar-refractivity contribution is 5.82. The van der Waals surface area contributed by atoms with Gasteiger partial charge in [0.25, 0.3) is 11.3 Å². The van der Waals surface area contributed by atoms with Gasteiger partial charge in [-0.25, -0.2) is 28.3 Å². The van der Waals surface area contributed by atoms with Gasteiger partial charge in [0.1, 0.15) is 12.4 Å². The molecule has 2 aromatic carbocycles. The van der Waals surface area contributed by atoms with E-state index in [1.165, 1.54) is 0 Å². The van der Waals surface area contributed by atoms with Crippen molar-refractivity contribution in [2.24, 2.45) is 24.3 Å². The Morgan fingerprint density at radius 1 is 0.636 bits per heavy atom. The number of imidazole rings is 2. The molecular formula is C34H30N10+2. The molecule has 0 aliphatic rings. The van der Waals surface area contributed by atoms with E-state index in [9.17, 15) is 0 Å². The van der Waals surface area contributed by atoms with Crippen molar-refractivity contribution in [2.75, 3.05) is 10.9 Å². The molecule has 5 aromatic heterocycles. The van der Waals surface area contributed by atoms with Crippen LogP contribution in [0.3, 0.4) is 0 Å². The van der Waals surface area contributed by atoms with Crippen LogP contribution in [0.4, 0.5) is 11.8 Å². The summed E-state index contributed by atoms with van der Waals surface area (Å²) >= 11 is 0. The van der Waals surface area contributed by atoms with Crippen LogP contribution in [0.25, 0.3) is 33.8 Å². The first-order chi connectivity index (χ1) is 21.6. The molecule has 44 heavy (non-hydrogen) atoms. The third kappa shape index (κ3) is 5.39. The second-order valence-corrected chi connectivity index (χ2v) is 10.3. The van der Waals surface area contributed by atoms with Crippen LogP contribution in [0.15, 0.2) is 132 Å². The van der Waals surface area contributed by atoms with Gasteiger partial charge < -0.3 is 0 Å². The van der Waals surface area contributed by atoms with Gasteiger partial charge in [0, 0.05) is 35.5 Å². The van der Waals surface area contributed by atoms with Crippen LogP contribution in [0, 0.1) is 0 Å². The number of nitrogens with zero attached hydrogens (tertiary/aromatic N) is 8. The number of nitrogens with one attached hydrogen (secondary N) is 2. The summed E-state index contributed by atoms with van der Waals surface area (Å²) < 4.78 is 8.59. The van der Waals surface area contributed by atoms with Crippen LogP contribution < -0.4 is 20.0 Å². The molecule has 2 N–H and O–H groups in total. The standard InChI is InChI=1S/C34H30N10/c1-41-29(23-43-19-5-3-7-32(41)43)27-13-9-25(10-14-27)21-36-39-31-17-18-35-34(38-31)40-37-22-26-11-15-28(16-12-26)30-24-44-20-6-4-8-33(44)42(30)2/h3-24H,1-2H3,(H2,35,38,39,40)/q+2/b36-21+,37-22-. The van der Waals surface area contributed by atoms with E-state index in [4.69, 9.17) is 0 Å². The molecule has 7 rings (SSSR count). The SMILES string of the molecule is C[n+]1c(-c2ccc(/C=N\Nc3nccc(N/N=C/c4ccc(-c5cn6ccccc6[n+]5C)cc4)n3)cc2)cn2ccccc21. The summed E-state index contributed by atoms with van der Waals surface area (Å²) in [6.07, 6.45) is 13.5. The van der Waals surface area contributed by atoms with E-state index < -0.39 is 0 Å². The molecule has 0 amide bonds. The first-order valence-electron chi connectivity index (χ1n) is 14.2. The molecule has 0 atom stereocenters. The highest BCUT2D eigenvalue weighted by Crippen LogP contribution is 2.19. The molecule has 0 saturated heterocycles. The number of aromatic nitrogens is 6. The van der Waals surface area contributed by atoms with Crippen LogP contribution in [-0.4, -0.2) is 31.2 Å². The predicted molar refractivity (Wildman–Crippen MR) is 172 cm³/mol. The van der Waals surface area contributed by atoms with Crippen LogP contribution in [0.2, 0.25) is 0 Å². The average molecular weight is 579 g/mol. The molecular weight excluding hydrogens is 548 g/mol. The van der Waals surface area contributed by atoms with Crippen molar-refractivity contribution in [2.45, 2.75) is 0 Å². The van der Waals surface area contributed by atoms with Crippen molar-refractivity contribution in [3.63, 3.8) is 0 Å². The van der Waals surface area contributed by atoms with E-state index in [2.05, 4.69) is 124 Å². The zero-order valence-corrected chi connectivity index (χ0v) is 24.3. The molecule has 0 unspecified atom stereocenters. The largest absolute Gasteiger partial charge is 0.286 e. The van der Waals surface area contributed by atoms with Crippen LogP contribution >= 0.6 is 0 Å². The molecule has 0 aliphatic carbocycles. The van der Waals surface area contributed by atoms with Crippen molar-refractivity contribution < 1.29 is 9.13 Å². The minimum absolute atomic E-state index is 0.364. The normalized spacial score (nSPS) is 11.7. The molecule has 10 nitrogen and oxygen atoms in total. The van der Waals surface area contributed by atoms with Crippen LogP contribution in [0.1, 0.15) is 11.1 Å². The minimum atomic E-state index is 0.364. The van der Waals surface area contributed by atoms with E-state index in [1.54, 1.807) is 24.7 Å². The average Bonchev–Trinajstić information content (AvgIpc) is 3.58. The zero-order valence-electron chi connectivity index (χ0n) is 24.3. The number of hydrogen-bond donors (Lipinski definition) is 2. The fourth-order valence-corrected chi connectivity index (χ4v) is 5.19. The van der Waals surface area contributed by atoms with Crippen LogP contribution in [-0.2, 0) is 14.1 Å². The van der Waals surface area contributed by atoms with Gasteiger partial charge in [-0.2, -0.15) is 15.2 Å². The number of hydrogen-bond acceptors (Lipinski definition) is 6. The molecule has 7 aromatic rings. The molecule has 0 aliphatic heterocycles. The Kier molecular flexibility index (Phi) is 7.05. The Morgan fingerprint density at radius 3 is 1.68 bits per heavy atom. The van der Waals surface area contributed by atoms with Crippen molar-refractivity contribution >= 4 is 35.5 Å². The number of hydrazone groups is 2. The zero-order chi connectivity index (χ0) is 29.9. The highest BCUT2D eigenvalue weighted by atomic mass is 15.4. The lowest BCUT2D eigenvalue weighted by Gasteiger charge is -2.03. The number of pyridine rings is 2. The van der Waals surface area contributed by atoms with Crippen molar-refractivity contribution in [1.82, 2.24) is 18.8 Å². The van der Waals surface area contributed by atoms with E-state index in [0.29, 0.717) is 11.8 Å². The van der Waals surface area contributed by atoms with Gasteiger partial charge in [-0.05, 0) is 47.5 Å².